The molecule has 0 N–H and O–H groups in total. The lowest BCUT2D eigenvalue weighted by Crippen LogP contribution is -1.95. The van der Waals surface area contributed by atoms with E-state index in [2.05, 4.69) is 38.2 Å². The third-order valence-electron chi connectivity index (χ3n) is 2.12. The van der Waals surface area contributed by atoms with E-state index in [1.807, 2.05) is 19.1 Å². The Hall–Kier alpha value is -1.11. The number of nitrogens with zero attached hydrogens (tertiary/aromatic N) is 1. The Balaban J connectivity index is 4.72. The number of hydrogen-bond acceptors (Lipinski definition) is 1. The van der Waals surface area contributed by atoms with Crippen molar-refractivity contribution in [3.8, 4) is 0 Å². The molecule has 0 saturated heterocycles. The summed E-state index contributed by atoms with van der Waals surface area (Å²) in [5.74, 6) is 0.551. The highest BCUT2D eigenvalue weighted by molar-refractivity contribution is 5.33. The highest BCUT2D eigenvalue weighted by atomic mass is 14.7. The van der Waals surface area contributed by atoms with Gasteiger partial charge in [0.15, 0.2) is 0 Å². The van der Waals surface area contributed by atoms with Gasteiger partial charge in [0.2, 0.25) is 0 Å². The summed E-state index contributed by atoms with van der Waals surface area (Å²) in [7, 11) is 0. The third kappa shape index (κ3) is 4.46. The van der Waals surface area contributed by atoms with Crippen LogP contribution in [0.5, 0.6) is 0 Å². The first-order valence-corrected chi connectivity index (χ1v) is 4.63. The van der Waals surface area contributed by atoms with Gasteiger partial charge in [0.05, 0.1) is 0 Å². The first-order valence-electron chi connectivity index (χ1n) is 4.63. The molecule has 0 heterocycles. The Morgan fingerprint density at radius 1 is 1.54 bits per heavy atom. The monoisotopic (exact) mass is 177 g/mol. The van der Waals surface area contributed by atoms with Crippen LogP contribution in [-0.4, -0.2) is 6.72 Å². The average Bonchev–Trinajstić information content (AvgIpc) is 2.15. The van der Waals surface area contributed by atoms with Crippen molar-refractivity contribution in [3.05, 3.63) is 36.1 Å². The zero-order chi connectivity index (χ0) is 10.3. The smallest absolute Gasteiger partial charge is 0.0368 e. The van der Waals surface area contributed by atoms with Gasteiger partial charge in [-0.1, -0.05) is 32.6 Å². The standard InChI is InChI=1S/C12H19N/c1-6-8-12(10(3)7-2)9-11(4)13-5/h6,8-10H,1,5,7H2,2-4H3/b11-9-,12-8+. The maximum absolute atomic E-state index is 3.86. The Labute approximate surface area is 81.6 Å². The lowest BCUT2D eigenvalue weighted by Gasteiger charge is -2.09. The first-order chi connectivity index (χ1) is 6.15. The van der Waals surface area contributed by atoms with Crippen LogP contribution in [0, 0.1) is 5.92 Å². The SMILES string of the molecule is C=C/C=C(\C=C(\C)N=C)C(C)CC. The summed E-state index contributed by atoms with van der Waals surface area (Å²) in [4.78, 5) is 3.86. The van der Waals surface area contributed by atoms with Gasteiger partial charge in [0, 0.05) is 5.70 Å². The minimum absolute atomic E-state index is 0.551. The summed E-state index contributed by atoms with van der Waals surface area (Å²) in [5, 5.41) is 0. The molecule has 0 saturated carbocycles. The van der Waals surface area contributed by atoms with Crippen molar-refractivity contribution in [2.45, 2.75) is 27.2 Å². The zero-order valence-electron chi connectivity index (χ0n) is 8.88. The van der Waals surface area contributed by atoms with E-state index in [9.17, 15) is 0 Å². The van der Waals surface area contributed by atoms with Gasteiger partial charge in [0.25, 0.3) is 0 Å². The van der Waals surface area contributed by atoms with Gasteiger partial charge < -0.3 is 0 Å². The predicted octanol–water partition coefficient (Wildman–Crippen LogP) is 3.75. The largest absolute Gasteiger partial charge is 0.269 e. The van der Waals surface area contributed by atoms with Crippen LogP contribution in [0.25, 0.3) is 0 Å². The Bertz CT molecular complexity index is 234. The van der Waals surface area contributed by atoms with Gasteiger partial charge >= 0.3 is 0 Å². The maximum Gasteiger partial charge on any atom is 0.0368 e. The Morgan fingerprint density at radius 3 is 2.54 bits per heavy atom. The van der Waals surface area contributed by atoms with Crippen molar-refractivity contribution >= 4 is 6.72 Å². The molecule has 0 radical (unpaired) electrons. The fourth-order valence-electron chi connectivity index (χ4n) is 1.01. The van der Waals surface area contributed by atoms with Gasteiger partial charge in [-0.05, 0) is 37.6 Å². The minimum atomic E-state index is 0.551. The predicted molar refractivity (Wildman–Crippen MR) is 61.0 cm³/mol. The molecule has 0 fully saturated rings. The van der Waals surface area contributed by atoms with Crippen molar-refractivity contribution in [2.24, 2.45) is 10.9 Å². The fraction of sp³-hybridized carbons (Fsp3) is 0.417. The van der Waals surface area contributed by atoms with E-state index >= 15 is 0 Å². The van der Waals surface area contributed by atoms with Gasteiger partial charge in [-0.25, -0.2) is 0 Å². The molecule has 0 aromatic rings. The number of hydrogen-bond donors (Lipinski definition) is 0. The molecule has 0 bridgehead atoms. The second-order valence-electron chi connectivity index (χ2n) is 3.16. The zero-order valence-corrected chi connectivity index (χ0v) is 8.88. The summed E-state index contributed by atoms with van der Waals surface area (Å²) in [5.41, 5.74) is 2.22. The molecular formula is C12H19N. The van der Waals surface area contributed by atoms with Crippen molar-refractivity contribution in [1.29, 1.82) is 0 Å². The van der Waals surface area contributed by atoms with Crippen molar-refractivity contribution < 1.29 is 0 Å². The van der Waals surface area contributed by atoms with Crippen LogP contribution in [0.4, 0.5) is 0 Å². The molecule has 1 heteroatoms. The first kappa shape index (κ1) is 11.9. The van der Waals surface area contributed by atoms with Crippen molar-refractivity contribution in [2.75, 3.05) is 0 Å². The van der Waals surface area contributed by atoms with E-state index in [0.717, 1.165) is 12.1 Å². The van der Waals surface area contributed by atoms with E-state index in [1.165, 1.54) is 5.57 Å². The molecule has 0 amide bonds. The average molecular weight is 177 g/mol. The van der Waals surface area contributed by atoms with E-state index < -0.39 is 0 Å². The van der Waals surface area contributed by atoms with Crippen LogP contribution >= 0.6 is 0 Å². The summed E-state index contributed by atoms with van der Waals surface area (Å²) >= 11 is 0. The van der Waals surface area contributed by atoms with Crippen LogP contribution < -0.4 is 0 Å². The van der Waals surface area contributed by atoms with Crippen molar-refractivity contribution in [1.82, 2.24) is 0 Å². The summed E-state index contributed by atoms with van der Waals surface area (Å²) in [6.07, 6.45) is 7.03. The fourth-order valence-corrected chi connectivity index (χ4v) is 1.01. The minimum Gasteiger partial charge on any atom is -0.269 e. The molecule has 13 heavy (non-hydrogen) atoms. The second kappa shape index (κ2) is 6.41. The molecule has 0 aliphatic rings. The molecular weight excluding hydrogens is 158 g/mol. The quantitative estimate of drug-likeness (QED) is 0.448. The lowest BCUT2D eigenvalue weighted by molar-refractivity contribution is 0.669. The third-order valence-corrected chi connectivity index (χ3v) is 2.12. The summed E-state index contributed by atoms with van der Waals surface area (Å²) in [6, 6.07) is 0. The summed E-state index contributed by atoms with van der Waals surface area (Å²) in [6.45, 7) is 13.5. The normalized spacial score (nSPS) is 15.3. The van der Waals surface area contributed by atoms with E-state index in [1.54, 1.807) is 0 Å². The van der Waals surface area contributed by atoms with Crippen LogP contribution in [-0.2, 0) is 0 Å². The molecule has 0 aliphatic heterocycles. The molecule has 0 rings (SSSR count). The molecule has 0 aromatic carbocycles. The van der Waals surface area contributed by atoms with Gasteiger partial charge in [-0.2, -0.15) is 0 Å². The highest BCUT2D eigenvalue weighted by Gasteiger charge is 2.02. The van der Waals surface area contributed by atoms with E-state index in [-0.39, 0.29) is 0 Å². The lowest BCUT2D eigenvalue weighted by atomic mass is 9.97. The molecule has 1 unspecified atom stereocenters. The Kier molecular flexibility index (Phi) is 5.86. The summed E-state index contributed by atoms with van der Waals surface area (Å²) < 4.78 is 0. The van der Waals surface area contributed by atoms with Crippen LogP contribution in [0.1, 0.15) is 27.2 Å². The van der Waals surface area contributed by atoms with Crippen molar-refractivity contribution in [3.63, 3.8) is 0 Å². The highest BCUT2D eigenvalue weighted by Crippen LogP contribution is 2.17. The molecule has 0 aromatic heterocycles. The van der Waals surface area contributed by atoms with Gasteiger partial charge in [0.1, 0.15) is 0 Å². The second-order valence-corrected chi connectivity index (χ2v) is 3.16. The van der Waals surface area contributed by atoms with E-state index in [4.69, 9.17) is 0 Å². The van der Waals surface area contributed by atoms with Gasteiger partial charge in [-0.15, -0.1) is 0 Å². The number of aliphatic imine (C=N–C) groups is 1. The maximum atomic E-state index is 3.86. The number of rotatable bonds is 5. The van der Waals surface area contributed by atoms with Crippen LogP contribution in [0.2, 0.25) is 0 Å². The topological polar surface area (TPSA) is 12.4 Å². The van der Waals surface area contributed by atoms with E-state index in [0.29, 0.717) is 5.92 Å². The molecule has 0 spiro atoms. The Morgan fingerprint density at radius 2 is 2.15 bits per heavy atom. The molecule has 0 aliphatic carbocycles. The van der Waals surface area contributed by atoms with Crippen LogP contribution in [0.15, 0.2) is 41.1 Å². The molecule has 72 valence electrons. The molecule has 1 nitrogen and oxygen atoms in total. The van der Waals surface area contributed by atoms with Gasteiger partial charge in [-0.3, -0.25) is 4.99 Å². The number of allylic oxidation sites excluding steroid dienone is 5. The molecule has 1 atom stereocenters. The van der Waals surface area contributed by atoms with Crippen LogP contribution in [0.3, 0.4) is 0 Å².